The Morgan fingerprint density at radius 3 is 2.69 bits per heavy atom. The molecule has 1 atom stereocenters. The molecule has 0 bridgehead atoms. The van der Waals surface area contributed by atoms with Gasteiger partial charge in [0.2, 0.25) is 0 Å². The second kappa shape index (κ2) is 4.93. The highest BCUT2D eigenvalue weighted by atomic mass is 19.1. The Morgan fingerprint density at radius 2 is 2.06 bits per heavy atom. The van der Waals surface area contributed by atoms with Crippen molar-refractivity contribution in [2.45, 2.75) is 31.5 Å². The molecule has 0 amide bonds. The summed E-state index contributed by atoms with van der Waals surface area (Å²) in [6.45, 7) is 1.36. The van der Waals surface area contributed by atoms with Crippen LogP contribution in [0.15, 0.2) is 24.3 Å². The molecule has 0 radical (unpaired) electrons. The smallest absolute Gasteiger partial charge is 0.138 e. The maximum atomic E-state index is 14.4. The molecular formula is C13H18FNO. The van der Waals surface area contributed by atoms with Gasteiger partial charge in [-0.05, 0) is 24.0 Å². The second-order valence-electron chi connectivity index (χ2n) is 4.46. The molecule has 1 aromatic carbocycles. The largest absolute Gasteiger partial charge is 0.378 e. The summed E-state index contributed by atoms with van der Waals surface area (Å²) in [6.07, 6.45) is 1.81. The molecule has 1 aliphatic rings. The van der Waals surface area contributed by atoms with Crippen molar-refractivity contribution in [2.24, 2.45) is 5.73 Å². The summed E-state index contributed by atoms with van der Waals surface area (Å²) in [5, 5.41) is 0. The lowest BCUT2D eigenvalue weighted by Gasteiger charge is -2.30. The van der Waals surface area contributed by atoms with E-state index < -0.39 is 5.67 Å². The van der Waals surface area contributed by atoms with Gasteiger partial charge in [-0.1, -0.05) is 24.3 Å². The molecule has 2 nitrogen and oxygen atoms in total. The average molecular weight is 223 g/mol. The number of benzene rings is 1. The van der Waals surface area contributed by atoms with Gasteiger partial charge in [0.05, 0.1) is 6.61 Å². The Bertz CT molecular complexity index is 348. The normalized spacial score (nSPS) is 25.6. The quantitative estimate of drug-likeness (QED) is 0.852. The predicted octanol–water partition coefficient (Wildman–Crippen LogP) is 2.21. The van der Waals surface area contributed by atoms with Crippen molar-refractivity contribution in [3.8, 4) is 0 Å². The van der Waals surface area contributed by atoms with E-state index in [2.05, 4.69) is 0 Å². The van der Waals surface area contributed by atoms with E-state index in [1.807, 2.05) is 24.3 Å². The van der Waals surface area contributed by atoms with Crippen molar-refractivity contribution in [3.63, 3.8) is 0 Å². The zero-order valence-corrected chi connectivity index (χ0v) is 9.42. The number of ether oxygens (including phenoxy) is 1. The minimum atomic E-state index is -1.20. The number of alkyl halides is 1. The lowest BCUT2D eigenvalue weighted by molar-refractivity contribution is -0.0309. The van der Waals surface area contributed by atoms with Gasteiger partial charge in [0.1, 0.15) is 5.67 Å². The van der Waals surface area contributed by atoms with Crippen LogP contribution in [0.3, 0.4) is 0 Å². The number of rotatable bonds is 3. The molecule has 88 valence electrons. The van der Waals surface area contributed by atoms with E-state index in [-0.39, 0.29) is 6.61 Å². The van der Waals surface area contributed by atoms with Crippen molar-refractivity contribution >= 4 is 0 Å². The maximum Gasteiger partial charge on any atom is 0.138 e. The summed E-state index contributed by atoms with van der Waals surface area (Å²) >= 11 is 0. The van der Waals surface area contributed by atoms with Crippen LogP contribution in [-0.2, 0) is 17.7 Å². The maximum absolute atomic E-state index is 14.4. The van der Waals surface area contributed by atoms with Crippen LogP contribution in [0.2, 0.25) is 0 Å². The standard InChI is InChI=1S/C13H18FNO/c14-13(6-3-7-16-10-13)8-11-4-1-2-5-12(11)9-15/h1-2,4-5H,3,6-10,15H2. The summed E-state index contributed by atoms with van der Waals surface area (Å²) in [6, 6.07) is 7.79. The summed E-state index contributed by atoms with van der Waals surface area (Å²) in [7, 11) is 0. The Kier molecular flexibility index (Phi) is 3.56. The van der Waals surface area contributed by atoms with Gasteiger partial charge in [-0.25, -0.2) is 4.39 Å². The highest BCUT2D eigenvalue weighted by Crippen LogP contribution is 2.28. The molecule has 0 aromatic heterocycles. The van der Waals surface area contributed by atoms with Crippen LogP contribution < -0.4 is 5.73 Å². The molecular weight excluding hydrogens is 205 g/mol. The number of nitrogens with two attached hydrogens (primary N) is 1. The molecule has 1 unspecified atom stereocenters. The summed E-state index contributed by atoms with van der Waals surface area (Å²) in [5.74, 6) is 0. The highest BCUT2D eigenvalue weighted by Gasteiger charge is 2.33. The third-order valence-corrected chi connectivity index (χ3v) is 3.12. The monoisotopic (exact) mass is 223 g/mol. The van der Waals surface area contributed by atoms with Crippen LogP contribution in [0.5, 0.6) is 0 Å². The van der Waals surface area contributed by atoms with Crippen molar-refractivity contribution in [2.75, 3.05) is 13.2 Å². The van der Waals surface area contributed by atoms with Gasteiger partial charge in [0.25, 0.3) is 0 Å². The van der Waals surface area contributed by atoms with Gasteiger partial charge in [-0.2, -0.15) is 0 Å². The van der Waals surface area contributed by atoms with Gasteiger partial charge in [0, 0.05) is 19.6 Å². The average Bonchev–Trinajstić information content (AvgIpc) is 2.30. The molecule has 1 aliphatic heterocycles. The zero-order valence-electron chi connectivity index (χ0n) is 9.42. The zero-order chi connectivity index (χ0) is 11.4. The minimum Gasteiger partial charge on any atom is -0.378 e. The molecule has 1 heterocycles. The van der Waals surface area contributed by atoms with Gasteiger partial charge in [0.15, 0.2) is 0 Å². The molecule has 16 heavy (non-hydrogen) atoms. The molecule has 0 spiro atoms. The fraction of sp³-hybridized carbons (Fsp3) is 0.538. The van der Waals surface area contributed by atoms with Crippen molar-refractivity contribution in [1.29, 1.82) is 0 Å². The molecule has 0 aliphatic carbocycles. The second-order valence-corrected chi connectivity index (χ2v) is 4.46. The predicted molar refractivity (Wildman–Crippen MR) is 61.9 cm³/mol. The Labute approximate surface area is 95.6 Å². The van der Waals surface area contributed by atoms with Crippen LogP contribution in [0, 0.1) is 0 Å². The third-order valence-electron chi connectivity index (χ3n) is 3.12. The Morgan fingerprint density at radius 1 is 1.31 bits per heavy atom. The van der Waals surface area contributed by atoms with Gasteiger partial charge >= 0.3 is 0 Å². The van der Waals surface area contributed by atoms with Crippen LogP contribution in [0.1, 0.15) is 24.0 Å². The van der Waals surface area contributed by atoms with Gasteiger partial charge in [-0.3, -0.25) is 0 Å². The number of halogens is 1. The van der Waals surface area contributed by atoms with E-state index in [1.54, 1.807) is 0 Å². The first-order chi connectivity index (χ1) is 7.73. The Hall–Kier alpha value is -0.930. The molecule has 0 saturated carbocycles. The first kappa shape index (κ1) is 11.6. The summed E-state index contributed by atoms with van der Waals surface area (Å²) in [5.41, 5.74) is 6.48. The van der Waals surface area contributed by atoms with Crippen molar-refractivity contribution in [1.82, 2.24) is 0 Å². The molecule has 3 heteroatoms. The fourth-order valence-corrected chi connectivity index (χ4v) is 2.23. The first-order valence-electron chi connectivity index (χ1n) is 5.77. The van der Waals surface area contributed by atoms with Crippen LogP contribution in [-0.4, -0.2) is 18.9 Å². The topological polar surface area (TPSA) is 35.2 Å². The van der Waals surface area contributed by atoms with Crippen molar-refractivity contribution < 1.29 is 9.13 Å². The van der Waals surface area contributed by atoms with E-state index in [1.165, 1.54) is 0 Å². The highest BCUT2D eigenvalue weighted by molar-refractivity contribution is 5.28. The molecule has 1 fully saturated rings. The third kappa shape index (κ3) is 2.60. The van der Waals surface area contributed by atoms with Crippen molar-refractivity contribution in [3.05, 3.63) is 35.4 Å². The van der Waals surface area contributed by atoms with E-state index in [0.29, 0.717) is 26.0 Å². The van der Waals surface area contributed by atoms with E-state index in [4.69, 9.17) is 10.5 Å². The SMILES string of the molecule is NCc1ccccc1CC1(F)CCCOC1. The van der Waals surface area contributed by atoms with Crippen LogP contribution in [0.25, 0.3) is 0 Å². The van der Waals surface area contributed by atoms with Gasteiger partial charge in [-0.15, -0.1) is 0 Å². The van der Waals surface area contributed by atoms with Crippen LogP contribution >= 0.6 is 0 Å². The number of hydrogen-bond acceptors (Lipinski definition) is 2. The summed E-state index contributed by atoms with van der Waals surface area (Å²) < 4.78 is 19.6. The fourth-order valence-electron chi connectivity index (χ4n) is 2.23. The lowest BCUT2D eigenvalue weighted by atomic mass is 9.89. The minimum absolute atomic E-state index is 0.214. The summed E-state index contributed by atoms with van der Waals surface area (Å²) in [4.78, 5) is 0. The lowest BCUT2D eigenvalue weighted by Crippen LogP contribution is -2.36. The molecule has 1 saturated heterocycles. The van der Waals surface area contributed by atoms with E-state index >= 15 is 0 Å². The molecule has 2 rings (SSSR count). The molecule has 1 aromatic rings. The molecule has 2 N–H and O–H groups in total. The van der Waals surface area contributed by atoms with Crippen LogP contribution in [0.4, 0.5) is 4.39 Å². The first-order valence-corrected chi connectivity index (χ1v) is 5.77. The Balaban J connectivity index is 2.12. The van der Waals surface area contributed by atoms with Gasteiger partial charge < -0.3 is 10.5 Å². The van der Waals surface area contributed by atoms with E-state index in [0.717, 1.165) is 17.5 Å². The van der Waals surface area contributed by atoms with E-state index in [9.17, 15) is 4.39 Å². The number of hydrogen-bond donors (Lipinski definition) is 1.